The zero-order valence-electron chi connectivity index (χ0n) is 10.3. The molecule has 0 saturated carbocycles. The zero-order chi connectivity index (χ0) is 12.1. The summed E-state index contributed by atoms with van der Waals surface area (Å²) in [7, 11) is 1.71. The molecule has 2 N–H and O–H groups in total. The fraction of sp³-hybridized carbons (Fsp3) is 0.583. The number of methoxy groups -OCH3 is 1. The summed E-state index contributed by atoms with van der Waals surface area (Å²) < 4.78 is 5.04. The molecule has 0 bridgehead atoms. The topological polar surface area (TPSA) is 45.6 Å². The molecule has 4 nitrogen and oxygen atoms in total. The molecular formula is C12H19N3OS. The van der Waals surface area contributed by atoms with Crippen molar-refractivity contribution in [1.82, 2.24) is 10.6 Å². The van der Waals surface area contributed by atoms with E-state index in [1.165, 1.54) is 9.75 Å². The first-order valence-electron chi connectivity index (χ1n) is 5.88. The lowest BCUT2D eigenvalue weighted by Gasteiger charge is -2.24. The number of aliphatic imine (C=N–C) groups is 1. The fourth-order valence-electron chi connectivity index (χ4n) is 1.86. The molecule has 0 amide bonds. The third-order valence-corrected chi connectivity index (χ3v) is 3.74. The Morgan fingerprint density at radius 1 is 1.59 bits per heavy atom. The molecule has 0 aromatic carbocycles. The summed E-state index contributed by atoms with van der Waals surface area (Å²) in [5.41, 5.74) is 0. The van der Waals surface area contributed by atoms with E-state index in [1.54, 1.807) is 7.11 Å². The monoisotopic (exact) mass is 253 g/mol. The second-order valence-electron chi connectivity index (χ2n) is 4.02. The van der Waals surface area contributed by atoms with Crippen LogP contribution in [-0.2, 0) is 4.74 Å². The number of hydrogen-bond donors (Lipinski definition) is 2. The number of nitrogens with zero attached hydrogens (tertiary/aromatic N) is 1. The smallest absolute Gasteiger partial charge is 0.119 e. The lowest BCUT2D eigenvalue weighted by atomic mass is 10.2. The van der Waals surface area contributed by atoms with E-state index in [-0.39, 0.29) is 6.04 Å². The molecule has 0 aliphatic carbocycles. The molecule has 1 atom stereocenters. The molecule has 1 aliphatic heterocycles. The summed E-state index contributed by atoms with van der Waals surface area (Å²) in [4.78, 5) is 7.22. The van der Waals surface area contributed by atoms with Crippen molar-refractivity contribution in [2.45, 2.75) is 13.0 Å². The third-order valence-electron chi connectivity index (χ3n) is 2.67. The van der Waals surface area contributed by atoms with Gasteiger partial charge in [-0.25, -0.2) is 0 Å². The molecule has 0 radical (unpaired) electrons. The lowest BCUT2D eigenvalue weighted by molar-refractivity contribution is 0.203. The summed E-state index contributed by atoms with van der Waals surface area (Å²) in [6, 6.07) is 4.55. The quantitative estimate of drug-likeness (QED) is 0.796. The SMILES string of the molecule is COCCNC1=NCCNC1c1ccc(C)s1. The Labute approximate surface area is 106 Å². The van der Waals surface area contributed by atoms with Crippen LogP contribution in [0.4, 0.5) is 0 Å². The van der Waals surface area contributed by atoms with Crippen molar-refractivity contribution in [2.75, 3.05) is 33.4 Å². The number of rotatable bonds is 4. The molecule has 2 heterocycles. The van der Waals surface area contributed by atoms with Crippen LogP contribution in [0, 0.1) is 6.92 Å². The van der Waals surface area contributed by atoms with Crippen LogP contribution >= 0.6 is 11.3 Å². The Bertz CT molecular complexity index is 389. The summed E-state index contributed by atoms with van der Waals surface area (Å²) in [5.74, 6) is 1.04. The maximum Gasteiger partial charge on any atom is 0.119 e. The summed E-state index contributed by atoms with van der Waals surface area (Å²) in [6.07, 6.45) is 0. The van der Waals surface area contributed by atoms with E-state index >= 15 is 0 Å². The van der Waals surface area contributed by atoms with Gasteiger partial charge in [0.15, 0.2) is 0 Å². The molecule has 17 heavy (non-hydrogen) atoms. The average Bonchev–Trinajstić information content (AvgIpc) is 2.77. The van der Waals surface area contributed by atoms with E-state index in [0.717, 1.165) is 25.5 Å². The molecule has 0 spiro atoms. The van der Waals surface area contributed by atoms with E-state index < -0.39 is 0 Å². The fourth-order valence-corrected chi connectivity index (χ4v) is 2.81. The second-order valence-corrected chi connectivity index (χ2v) is 5.34. The number of amidine groups is 1. The van der Waals surface area contributed by atoms with E-state index in [1.807, 2.05) is 11.3 Å². The predicted molar refractivity (Wildman–Crippen MR) is 72.0 cm³/mol. The van der Waals surface area contributed by atoms with Gasteiger partial charge in [0.05, 0.1) is 19.2 Å². The first-order valence-corrected chi connectivity index (χ1v) is 6.70. The van der Waals surface area contributed by atoms with Crippen molar-refractivity contribution in [3.8, 4) is 0 Å². The van der Waals surface area contributed by atoms with Crippen molar-refractivity contribution in [2.24, 2.45) is 4.99 Å². The molecular weight excluding hydrogens is 234 g/mol. The molecule has 1 aromatic heterocycles. The molecule has 5 heteroatoms. The van der Waals surface area contributed by atoms with Crippen LogP contribution in [0.3, 0.4) is 0 Å². The highest BCUT2D eigenvalue weighted by atomic mass is 32.1. The van der Waals surface area contributed by atoms with Gasteiger partial charge in [-0.3, -0.25) is 4.99 Å². The molecule has 0 fully saturated rings. The van der Waals surface area contributed by atoms with Gasteiger partial charge in [-0.2, -0.15) is 0 Å². The maximum absolute atomic E-state index is 5.04. The Morgan fingerprint density at radius 3 is 3.18 bits per heavy atom. The van der Waals surface area contributed by atoms with E-state index in [9.17, 15) is 0 Å². The van der Waals surface area contributed by atoms with Crippen LogP contribution < -0.4 is 10.6 Å². The molecule has 94 valence electrons. The first-order chi connectivity index (χ1) is 8.31. The van der Waals surface area contributed by atoms with Crippen LogP contribution in [-0.4, -0.2) is 39.2 Å². The van der Waals surface area contributed by atoms with Gasteiger partial charge in [-0.05, 0) is 19.1 Å². The van der Waals surface area contributed by atoms with Gasteiger partial charge in [0.2, 0.25) is 0 Å². The molecule has 1 aromatic rings. The van der Waals surface area contributed by atoms with Crippen LogP contribution in [0.2, 0.25) is 0 Å². The van der Waals surface area contributed by atoms with Crippen LogP contribution in [0.1, 0.15) is 15.8 Å². The standard InChI is InChI=1S/C12H19N3OS/c1-9-3-4-10(17-9)11-12(14-6-5-13-11)15-7-8-16-2/h3-4,11,13H,5-8H2,1-2H3,(H,14,15). The summed E-state index contributed by atoms with van der Waals surface area (Å²) >= 11 is 1.82. The van der Waals surface area contributed by atoms with Gasteiger partial charge in [-0.1, -0.05) is 0 Å². The van der Waals surface area contributed by atoms with Gasteiger partial charge in [0.1, 0.15) is 5.84 Å². The van der Waals surface area contributed by atoms with E-state index in [4.69, 9.17) is 4.74 Å². The Balaban J connectivity index is 2.03. The lowest BCUT2D eigenvalue weighted by Crippen LogP contribution is -2.43. The number of hydrogen-bond acceptors (Lipinski definition) is 5. The number of ether oxygens (including phenoxy) is 1. The Morgan fingerprint density at radius 2 is 2.47 bits per heavy atom. The normalized spacial score (nSPS) is 20.1. The van der Waals surface area contributed by atoms with E-state index in [2.05, 4.69) is 34.7 Å². The second kappa shape index (κ2) is 6.14. The summed E-state index contributed by atoms with van der Waals surface area (Å²) in [5, 5.41) is 6.85. The highest BCUT2D eigenvalue weighted by Gasteiger charge is 2.21. The number of thiophene rings is 1. The van der Waals surface area contributed by atoms with E-state index in [0.29, 0.717) is 6.61 Å². The van der Waals surface area contributed by atoms with Gasteiger partial charge < -0.3 is 15.4 Å². The largest absolute Gasteiger partial charge is 0.383 e. The van der Waals surface area contributed by atoms with Crippen LogP contribution in [0.15, 0.2) is 17.1 Å². The molecule has 1 unspecified atom stereocenters. The van der Waals surface area contributed by atoms with Crippen molar-refractivity contribution in [1.29, 1.82) is 0 Å². The predicted octanol–water partition coefficient (Wildman–Crippen LogP) is 1.34. The first kappa shape index (κ1) is 12.5. The minimum atomic E-state index is 0.222. The van der Waals surface area contributed by atoms with Gasteiger partial charge >= 0.3 is 0 Å². The highest BCUT2D eigenvalue weighted by molar-refractivity contribution is 7.12. The average molecular weight is 253 g/mol. The third kappa shape index (κ3) is 3.28. The number of nitrogens with one attached hydrogen (secondary N) is 2. The van der Waals surface area contributed by atoms with Gasteiger partial charge in [-0.15, -0.1) is 11.3 Å². The van der Waals surface area contributed by atoms with Crippen LogP contribution in [0.5, 0.6) is 0 Å². The van der Waals surface area contributed by atoms with Crippen molar-refractivity contribution >= 4 is 17.2 Å². The minimum absolute atomic E-state index is 0.222. The molecule has 2 rings (SSSR count). The highest BCUT2D eigenvalue weighted by Crippen LogP contribution is 2.24. The van der Waals surface area contributed by atoms with Crippen molar-refractivity contribution < 1.29 is 4.74 Å². The summed E-state index contributed by atoms with van der Waals surface area (Å²) in [6.45, 7) is 5.42. The van der Waals surface area contributed by atoms with Crippen molar-refractivity contribution in [3.63, 3.8) is 0 Å². The molecule has 1 aliphatic rings. The van der Waals surface area contributed by atoms with Crippen LogP contribution in [0.25, 0.3) is 0 Å². The Kier molecular flexibility index (Phi) is 4.53. The molecule has 0 saturated heterocycles. The Hall–Kier alpha value is -0.910. The minimum Gasteiger partial charge on any atom is -0.383 e. The zero-order valence-corrected chi connectivity index (χ0v) is 11.1. The van der Waals surface area contributed by atoms with Crippen molar-refractivity contribution in [3.05, 3.63) is 21.9 Å². The van der Waals surface area contributed by atoms with Gasteiger partial charge in [0.25, 0.3) is 0 Å². The van der Waals surface area contributed by atoms with Gasteiger partial charge in [0, 0.05) is 30.0 Å². The number of aryl methyl sites for hydroxylation is 1. The maximum atomic E-state index is 5.04.